The van der Waals surface area contributed by atoms with Gasteiger partial charge >= 0.3 is 0 Å². The van der Waals surface area contributed by atoms with E-state index in [1.165, 1.54) is 12.8 Å². The van der Waals surface area contributed by atoms with Crippen molar-refractivity contribution in [1.29, 1.82) is 0 Å². The predicted molar refractivity (Wildman–Crippen MR) is 69.3 cm³/mol. The summed E-state index contributed by atoms with van der Waals surface area (Å²) in [6.07, 6.45) is 6.06. The van der Waals surface area contributed by atoms with Gasteiger partial charge in [0.25, 0.3) is 0 Å². The number of amides is 1. The third-order valence-corrected chi connectivity index (χ3v) is 4.51. The van der Waals surface area contributed by atoms with Crippen molar-refractivity contribution in [3.8, 4) is 0 Å². The van der Waals surface area contributed by atoms with E-state index < -0.39 is 0 Å². The second kappa shape index (κ2) is 5.17. The van der Waals surface area contributed by atoms with Crippen LogP contribution in [0.2, 0.25) is 0 Å². The lowest BCUT2D eigenvalue weighted by Gasteiger charge is -2.38. The zero-order valence-electron chi connectivity index (χ0n) is 11.2. The summed E-state index contributed by atoms with van der Waals surface area (Å²) in [6, 6.07) is 0.399. The van der Waals surface area contributed by atoms with Crippen molar-refractivity contribution in [2.24, 2.45) is 5.92 Å². The standard InChI is InChI=1S/C14H24N2O2/c1-2-15-11-4-3-8-16(14(11)17)12-7-9-18-13(12)10-5-6-10/h10-13,15H,2-9H2,1H3. The van der Waals surface area contributed by atoms with Crippen LogP contribution in [0.1, 0.15) is 39.0 Å². The molecular formula is C14H24N2O2. The molecule has 3 atom stereocenters. The maximum absolute atomic E-state index is 12.5. The average Bonchev–Trinajstić information content (AvgIpc) is 3.11. The molecule has 1 saturated carbocycles. The Kier molecular flexibility index (Phi) is 3.57. The maximum Gasteiger partial charge on any atom is 0.240 e. The topological polar surface area (TPSA) is 41.6 Å². The van der Waals surface area contributed by atoms with E-state index in [4.69, 9.17) is 4.74 Å². The first-order chi connectivity index (χ1) is 8.81. The molecule has 3 unspecified atom stereocenters. The molecule has 1 aliphatic carbocycles. The summed E-state index contributed by atoms with van der Waals surface area (Å²) >= 11 is 0. The maximum atomic E-state index is 12.5. The normalized spacial score (nSPS) is 37.3. The average molecular weight is 252 g/mol. The number of likely N-dealkylation sites (tertiary alicyclic amines) is 1. The van der Waals surface area contributed by atoms with Crippen molar-refractivity contribution in [1.82, 2.24) is 10.2 Å². The van der Waals surface area contributed by atoms with Crippen molar-refractivity contribution in [2.45, 2.75) is 57.2 Å². The molecule has 4 nitrogen and oxygen atoms in total. The highest BCUT2D eigenvalue weighted by atomic mass is 16.5. The minimum atomic E-state index is 0.0456. The van der Waals surface area contributed by atoms with Crippen LogP contribution < -0.4 is 5.32 Å². The summed E-state index contributed by atoms with van der Waals surface area (Å²) in [6.45, 7) is 4.70. The number of piperidine rings is 1. The second-order valence-electron chi connectivity index (χ2n) is 5.81. The number of ether oxygens (including phenoxy) is 1. The molecule has 3 rings (SSSR count). The van der Waals surface area contributed by atoms with Gasteiger partial charge in [-0.15, -0.1) is 0 Å². The molecule has 18 heavy (non-hydrogen) atoms. The smallest absolute Gasteiger partial charge is 0.240 e. The molecule has 2 heterocycles. The van der Waals surface area contributed by atoms with E-state index in [2.05, 4.69) is 17.1 Å². The highest BCUT2D eigenvalue weighted by molar-refractivity contribution is 5.83. The van der Waals surface area contributed by atoms with Gasteiger partial charge in [-0.3, -0.25) is 4.79 Å². The first-order valence-electron chi connectivity index (χ1n) is 7.46. The molecule has 102 valence electrons. The monoisotopic (exact) mass is 252 g/mol. The summed E-state index contributed by atoms with van der Waals surface area (Å²) in [5.74, 6) is 1.04. The van der Waals surface area contributed by atoms with Crippen molar-refractivity contribution >= 4 is 5.91 Å². The van der Waals surface area contributed by atoms with Crippen LogP contribution in [0.5, 0.6) is 0 Å². The van der Waals surface area contributed by atoms with E-state index in [9.17, 15) is 4.79 Å². The highest BCUT2D eigenvalue weighted by Crippen LogP contribution is 2.40. The fourth-order valence-corrected chi connectivity index (χ4v) is 3.47. The molecule has 1 amide bonds. The van der Waals surface area contributed by atoms with Crippen molar-refractivity contribution in [3.05, 3.63) is 0 Å². The van der Waals surface area contributed by atoms with Crippen LogP contribution in [-0.2, 0) is 9.53 Å². The minimum Gasteiger partial charge on any atom is -0.376 e. The Hall–Kier alpha value is -0.610. The molecule has 1 N–H and O–H groups in total. The molecule has 3 aliphatic rings. The lowest BCUT2D eigenvalue weighted by Crippen LogP contribution is -2.56. The number of carbonyl (C=O) groups is 1. The Labute approximate surface area is 109 Å². The lowest BCUT2D eigenvalue weighted by molar-refractivity contribution is -0.140. The molecule has 0 aromatic carbocycles. The van der Waals surface area contributed by atoms with Crippen LogP contribution in [0.25, 0.3) is 0 Å². The number of nitrogens with one attached hydrogen (secondary N) is 1. The molecule has 0 radical (unpaired) electrons. The van der Waals surface area contributed by atoms with Crippen LogP contribution >= 0.6 is 0 Å². The molecule has 4 heteroatoms. The van der Waals surface area contributed by atoms with Gasteiger partial charge in [-0.25, -0.2) is 0 Å². The predicted octanol–water partition coefficient (Wildman–Crippen LogP) is 1.15. The third-order valence-electron chi connectivity index (χ3n) is 4.51. The van der Waals surface area contributed by atoms with Gasteiger partial charge < -0.3 is 15.0 Å². The van der Waals surface area contributed by atoms with E-state index in [0.29, 0.717) is 18.1 Å². The SMILES string of the molecule is CCNC1CCCN(C2CCOC2C2CC2)C1=O. The van der Waals surface area contributed by atoms with Crippen LogP contribution in [0.3, 0.4) is 0 Å². The van der Waals surface area contributed by atoms with E-state index in [0.717, 1.165) is 44.9 Å². The Morgan fingerprint density at radius 2 is 2.17 bits per heavy atom. The molecule has 0 aromatic heterocycles. The zero-order valence-corrected chi connectivity index (χ0v) is 11.2. The molecule has 2 saturated heterocycles. The second-order valence-corrected chi connectivity index (χ2v) is 5.81. The Balaban J connectivity index is 1.68. The molecular weight excluding hydrogens is 228 g/mol. The molecule has 0 aromatic rings. The minimum absolute atomic E-state index is 0.0456. The van der Waals surface area contributed by atoms with Crippen LogP contribution in [0.15, 0.2) is 0 Å². The number of hydrogen-bond donors (Lipinski definition) is 1. The van der Waals surface area contributed by atoms with E-state index in [-0.39, 0.29) is 6.04 Å². The summed E-state index contributed by atoms with van der Waals surface area (Å²) in [7, 11) is 0. The van der Waals surface area contributed by atoms with E-state index >= 15 is 0 Å². The number of nitrogens with zero attached hydrogens (tertiary/aromatic N) is 1. The third kappa shape index (κ3) is 2.28. The van der Waals surface area contributed by atoms with Gasteiger partial charge in [-0.05, 0) is 44.6 Å². The fraction of sp³-hybridized carbons (Fsp3) is 0.929. The summed E-state index contributed by atoms with van der Waals surface area (Å²) in [5, 5.41) is 3.32. The number of rotatable bonds is 4. The number of hydrogen-bond acceptors (Lipinski definition) is 3. The van der Waals surface area contributed by atoms with Gasteiger partial charge in [0, 0.05) is 13.2 Å². The molecule has 3 fully saturated rings. The van der Waals surface area contributed by atoms with E-state index in [1.54, 1.807) is 0 Å². The van der Waals surface area contributed by atoms with Gasteiger partial charge in [-0.1, -0.05) is 6.92 Å². The van der Waals surface area contributed by atoms with Crippen LogP contribution in [0, 0.1) is 5.92 Å². The molecule has 2 aliphatic heterocycles. The quantitative estimate of drug-likeness (QED) is 0.816. The van der Waals surface area contributed by atoms with Gasteiger partial charge in [-0.2, -0.15) is 0 Å². The van der Waals surface area contributed by atoms with Crippen molar-refractivity contribution in [2.75, 3.05) is 19.7 Å². The van der Waals surface area contributed by atoms with Crippen LogP contribution in [-0.4, -0.2) is 48.7 Å². The Morgan fingerprint density at radius 1 is 1.33 bits per heavy atom. The number of carbonyl (C=O) groups excluding carboxylic acids is 1. The largest absolute Gasteiger partial charge is 0.376 e. The van der Waals surface area contributed by atoms with Gasteiger partial charge in [0.1, 0.15) is 0 Å². The van der Waals surface area contributed by atoms with Gasteiger partial charge in [0.05, 0.1) is 18.2 Å². The molecule has 0 bridgehead atoms. The van der Waals surface area contributed by atoms with Crippen molar-refractivity contribution < 1.29 is 9.53 Å². The fourth-order valence-electron chi connectivity index (χ4n) is 3.47. The lowest BCUT2D eigenvalue weighted by atomic mass is 9.98. The van der Waals surface area contributed by atoms with E-state index in [1.807, 2.05) is 0 Å². The van der Waals surface area contributed by atoms with Crippen molar-refractivity contribution in [3.63, 3.8) is 0 Å². The summed E-state index contributed by atoms with van der Waals surface area (Å²) < 4.78 is 5.87. The van der Waals surface area contributed by atoms with Gasteiger partial charge in [0.15, 0.2) is 0 Å². The van der Waals surface area contributed by atoms with Crippen LogP contribution in [0.4, 0.5) is 0 Å². The summed E-state index contributed by atoms with van der Waals surface area (Å²) in [5.41, 5.74) is 0. The number of likely N-dealkylation sites (N-methyl/N-ethyl adjacent to an activating group) is 1. The Morgan fingerprint density at radius 3 is 2.89 bits per heavy atom. The molecule has 0 spiro atoms. The Bertz CT molecular complexity index is 315. The summed E-state index contributed by atoms with van der Waals surface area (Å²) in [4.78, 5) is 14.6. The zero-order chi connectivity index (χ0) is 12.5. The first-order valence-corrected chi connectivity index (χ1v) is 7.46. The van der Waals surface area contributed by atoms with Gasteiger partial charge in [0.2, 0.25) is 5.91 Å². The first kappa shape index (κ1) is 12.4. The highest BCUT2D eigenvalue weighted by Gasteiger charge is 2.45.